The molecule has 4 rings (SSSR count). The summed E-state index contributed by atoms with van der Waals surface area (Å²) in [7, 11) is 0. The Kier molecular flexibility index (Phi) is 6.71. The summed E-state index contributed by atoms with van der Waals surface area (Å²) in [6.07, 6.45) is 4.35. The number of benzodiazepines with no additional fused rings is 1. The molecule has 0 N–H and O–H groups in total. The maximum atomic E-state index is 13.8. The fourth-order valence-electron chi connectivity index (χ4n) is 4.55. The van der Waals surface area contributed by atoms with Gasteiger partial charge < -0.3 is 9.64 Å². The Bertz CT molecular complexity index is 984. The maximum Gasteiger partial charge on any atom is 0.307 e. The number of hydrogen-bond acceptors (Lipinski definition) is 4. The van der Waals surface area contributed by atoms with Crippen molar-refractivity contribution in [1.29, 1.82) is 0 Å². The van der Waals surface area contributed by atoms with Gasteiger partial charge in [0, 0.05) is 22.7 Å². The predicted octanol–water partition coefficient (Wildman–Crippen LogP) is 5.04. The van der Waals surface area contributed by atoms with E-state index >= 15 is 0 Å². The summed E-state index contributed by atoms with van der Waals surface area (Å²) in [4.78, 5) is 32.6. The molecule has 1 fully saturated rings. The Morgan fingerprint density at radius 2 is 1.90 bits per heavy atom. The van der Waals surface area contributed by atoms with Crippen LogP contribution in [0.4, 0.5) is 5.69 Å². The van der Waals surface area contributed by atoms with E-state index in [0.717, 1.165) is 48.2 Å². The van der Waals surface area contributed by atoms with Gasteiger partial charge in [-0.15, -0.1) is 0 Å². The van der Waals surface area contributed by atoms with Crippen LogP contribution in [0.3, 0.4) is 0 Å². The molecular weight excluding hydrogens is 412 g/mol. The topological polar surface area (TPSA) is 59.0 Å². The number of esters is 1. The normalized spacial score (nSPS) is 19.0. The van der Waals surface area contributed by atoms with Gasteiger partial charge in [-0.2, -0.15) is 0 Å². The van der Waals surface area contributed by atoms with Crippen molar-refractivity contribution >= 4 is 34.9 Å². The Morgan fingerprint density at radius 1 is 1.16 bits per heavy atom. The summed E-state index contributed by atoms with van der Waals surface area (Å²) in [6, 6.07) is 15.0. The van der Waals surface area contributed by atoms with Gasteiger partial charge in [0.05, 0.1) is 24.4 Å². The summed E-state index contributed by atoms with van der Waals surface area (Å²) in [5.74, 6) is -0.150. The molecule has 1 unspecified atom stereocenters. The zero-order chi connectivity index (χ0) is 21.8. The van der Waals surface area contributed by atoms with E-state index in [4.69, 9.17) is 21.3 Å². The molecule has 2 aliphatic rings. The van der Waals surface area contributed by atoms with Crippen molar-refractivity contribution < 1.29 is 14.3 Å². The highest BCUT2D eigenvalue weighted by Gasteiger charge is 2.38. The molecule has 1 heterocycles. The third-order valence-corrected chi connectivity index (χ3v) is 6.27. The largest absolute Gasteiger partial charge is 0.466 e. The van der Waals surface area contributed by atoms with Crippen LogP contribution in [0.25, 0.3) is 0 Å². The van der Waals surface area contributed by atoms with Gasteiger partial charge in [0.1, 0.15) is 6.04 Å². The quantitative estimate of drug-likeness (QED) is 0.594. The molecule has 1 aliphatic carbocycles. The van der Waals surface area contributed by atoms with Gasteiger partial charge in [0.25, 0.3) is 5.91 Å². The number of hydrogen-bond donors (Lipinski definition) is 0. The molecule has 31 heavy (non-hydrogen) atoms. The van der Waals surface area contributed by atoms with Crippen LogP contribution in [0, 0.1) is 5.92 Å². The number of anilines is 1. The van der Waals surface area contributed by atoms with Crippen molar-refractivity contribution in [3.8, 4) is 0 Å². The first-order valence-corrected chi connectivity index (χ1v) is 11.4. The van der Waals surface area contributed by atoms with E-state index in [9.17, 15) is 9.59 Å². The summed E-state index contributed by atoms with van der Waals surface area (Å²) in [6.45, 7) is 2.36. The summed E-state index contributed by atoms with van der Waals surface area (Å²) >= 11 is 6.37. The highest BCUT2D eigenvalue weighted by molar-refractivity contribution is 6.32. The first kappa shape index (κ1) is 21.6. The van der Waals surface area contributed by atoms with Crippen LogP contribution in [0.15, 0.2) is 53.5 Å². The monoisotopic (exact) mass is 438 g/mol. The van der Waals surface area contributed by atoms with E-state index in [1.165, 1.54) is 0 Å². The lowest BCUT2D eigenvalue weighted by Gasteiger charge is -2.27. The molecule has 0 radical (unpaired) electrons. The van der Waals surface area contributed by atoms with Crippen LogP contribution in [0.2, 0.25) is 5.02 Å². The lowest BCUT2D eigenvalue weighted by atomic mass is 9.97. The van der Waals surface area contributed by atoms with Gasteiger partial charge in [-0.3, -0.25) is 14.6 Å². The Hall–Kier alpha value is -2.66. The SMILES string of the molecule is CCOC(=O)CCN1C(=O)C(C2CCCC2)N=C(c2ccccc2)c2cc(Cl)ccc21. The zero-order valence-corrected chi connectivity index (χ0v) is 18.5. The van der Waals surface area contributed by atoms with Crippen molar-refractivity contribution in [2.75, 3.05) is 18.1 Å². The molecule has 0 spiro atoms. The summed E-state index contributed by atoms with van der Waals surface area (Å²) < 4.78 is 5.10. The molecule has 5 nitrogen and oxygen atoms in total. The predicted molar refractivity (Wildman–Crippen MR) is 123 cm³/mol. The molecule has 0 aromatic heterocycles. The molecule has 1 atom stereocenters. The second-order valence-electron chi connectivity index (χ2n) is 8.04. The maximum absolute atomic E-state index is 13.8. The van der Waals surface area contributed by atoms with Crippen LogP contribution in [-0.4, -0.2) is 36.8 Å². The number of benzene rings is 2. The number of amides is 1. The zero-order valence-electron chi connectivity index (χ0n) is 17.7. The highest BCUT2D eigenvalue weighted by Crippen LogP contribution is 2.36. The summed E-state index contributed by atoms with van der Waals surface area (Å²) in [5, 5.41) is 0.583. The molecule has 6 heteroatoms. The van der Waals surface area contributed by atoms with E-state index in [1.807, 2.05) is 42.5 Å². The van der Waals surface area contributed by atoms with Crippen LogP contribution in [0.1, 0.15) is 50.2 Å². The van der Waals surface area contributed by atoms with Crippen molar-refractivity contribution in [1.82, 2.24) is 0 Å². The van der Waals surface area contributed by atoms with Crippen molar-refractivity contribution in [2.45, 2.75) is 45.1 Å². The molecule has 162 valence electrons. The molecule has 2 aromatic rings. The third kappa shape index (κ3) is 4.67. The molecule has 1 amide bonds. The number of ether oxygens (including phenoxy) is 1. The lowest BCUT2D eigenvalue weighted by molar-refractivity contribution is -0.142. The van der Waals surface area contributed by atoms with Gasteiger partial charge in [0.15, 0.2) is 0 Å². The first-order valence-electron chi connectivity index (χ1n) is 11.0. The van der Waals surface area contributed by atoms with Crippen molar-refractivity contribution in [3.63, 3.8) is 0 Å². The molecule has 1 aliphatic heterocycles. The van der Waals surface area contributed by atoms with Gasteiger partial charge in [-0.05, 0) is 43.9 Å². The van der Waals surface area contributed by atoms with E-state index in [2.05, 4.69) is 0 Å². The van der Waals surface area contributed by atoms with E-state index in [1.54, 1.807) is 17.9 Å². The Morgan fingerprint density at radius 3 is 2.61 bits per heavy atom. The molecule has 0 saturated heterocycles. The number of carbonyl (C=O) groups excluding carboxylic acids is 2. The average molecular weight is 439 g/mol. The van der Waals surface area contributed by atoms with Crippen LogP contribution < -0.4 is 4.90 Å². The summed E-state index contributed by atoms with van der Waals surface area (Å²) in [5.41, 5.74) is 3.29. The smallest absolute Gasteiger partial charge is 0.307 e. The van der Waals surface area contributed by atoms with Crippen LogP contribution >= 0.6 is 11.6 Å². The van der Waals surface area contributed by atoms with Gasteiger partial charge in [0.2, 0.25) is 0 Å². The van der Waals surface area contributed by atoms with Crippen LogP contribution in [-0.2, 0) is 14.3 Å². The van der Waals surface area contributed by atoms with Gasteiger partial charge >= 0.3 is 5.97 Å². The molecule has 0 bridgehead atoms. The minimum Gasteiger partial charge on any atom is -0.466 e. The number of rotatable bonds is 6. The minimum atomic E-state index is -0.467. The van der Waals surface area contributed by atoms with E-state index in [-0.39, 0.29) is 30.8 Å². The second kappa shape index (κ2) is 9.65. The fourth-order valence-corrected chi connectivity index (χ4v) is 4.72. The van der Waals surface area contributed by atoms with E-state index in [0.29, 0.717) is 11.6 Å². The van der Waals surface area contributed by atoms with Crippen molar-refractivity contribution in [2.24, 2.45) is 10.9 Å². The molecule has 1 saturated carbocycles. The highest BCUT2D eigenvalue weighted by atomic mass is 35.5. The number of carbonyl (C=O) groups is 2. The Balaban J connectivity index is 1.81. The number of aliphatic imine (C=N–C) groups is 1. The molecular formula is C25H27ClN2O3. The third-order valence-electron chi connectivity index (χ3n) is 6.03. The number of halogens is 1. The fraction of sp³-hybridized carbons (Fsp3) is 0.400. The number of nitrogens with zero attached hydrogens (tertiary/aromatic N) is 2. The van der Waals surface area contributed by atoms with Crippen LogP contribution in [0.5, 0.6) is 0 Å². The van der Waals surface area contributed by atoms with Crippen molar-refractivity contribution in [3.05, 3.63) is 64.7 Å². The first-order chi connectivity index (χ1) is 15.1. The Labute approximate surface area is 188 Å². The number of fused-ring (bicyclic) bond motifs is 1. The average Bonchev–Trinajstić information content (AvgIpc) is 3.27. The lowest BCUT2D eigenvalue weighted by Crippen LogP contribution is -2.42. The van der Waals surface area contributed by atoms with Gasteiger partial charge in [-0.25, -0.2) is 0 Å². The standard InChI is InChI=1S/C25H27ClN2O3/c1-2-31-22(29)14-15-28-21-13-12-19(26)16-20(21)23(17-8-4-3-5-9-17)27-24(25(28)30)18-10-6-7-11-18/h3-5,8-9,12-13,16,18,24H,2,6-7,10-11,14-15H2,1H3. The van der Waals surface area contributed by atoms with E-state index < -0.39 is 6.04 Å². The molecule has 2 aromatic carbocycles. The minimum absolute atomic E-state index is 0.0503. The van der Waals surface area contributed by atoms with Gasteiger partial charge in [-0.1, -0.05) is 54.8 Å². The second-order valence-corrected chi connectivity index (χ2v) is 8.48.